The van der Waals surface area contributed by atoms with Gasteiger partial charge in [-0.3, -0.25) is 14.9 Å². The van der Waals surface area contributed by atoms with Gasteiger partial charge in [-0.1, -0.05) is 47.3 Å². The second kappa shape index (κ2) is 10.7. The summed E-state index contributed by atoms with van der Waals surface area (Å²) in [5.74, 6) is 0.673. The van der Waals surface area contributed by atoms with Crippen molar-refractivity contribution in [1.29, 1.82) is 0 Å². The van der Waals surface area contributed by atoms with Crippen LogP contribution in [0.5, 0.6) is 0 Å². The Kier molecular flexibility index (Phi) is 7.65. The first-order chi connectivity index (χ1) is 18.9. The molecule has 0 unspecified atom stereocenters. The van der Waals surface area contributed by atoms with Gasteiger partial charge in [0.05, 0.1) is 22.2 Å². The van der Waals surface area contributed by atoms with E-state index in [9.17, 15) is 9.59 Å². The van der Waals surface area contributed by atoms with Crippen LogP contribution in [-0.2, 0) is 11.3 Å². The molecule has 1 spiro atoms. The molecular weight excluding hydrogens is 520 g/mol. The molecule has 3 aromatic rings. The van der Waals surface area contributed by atoms with Crippen LogP contribution in [0.3, 0.4) is 0 Å². The maximum absolute atomic E-state index is 13.3. The van der Waals surface area contributed by atoms with Crippen LogP contribution in [0.4, 0.5) is 5.95 Å². The molecule has 3 heterocycles. The van der Waals surface area contributed by atoms with Crippen molar-refractivity contribution >= 4 is 40.1 Å². The fourth-order valence-electron chi connectivity index (χ4n) is 5.82. The zero-order valence-electron chi connectivity index (χ0n) is 24.6. The van der Waals surface area contributed by atoms with Gasteiger partial charge in [0.2, 0.25) is 11.9 Å². The second-order valence-corrected chi connectivity index (χ2v) is 14.1. The molecule has 2 fully saturated rings. The van der Waals surface area contributed by atoms with Crippen molar-refractivity contribution < 1.29 is 9.59 Å². The predicted octanol–water partition coefficient (Wildman–Crippen LogP) is 6.13. The van der Waals surface area contributed by atoms with Crippen LogP contribution in [0.1, 0.15) is 93.0 Å². The smallest absolute Gasteiger partial charge is 0.269 e. The third-order valence-corrected chi connectivity index (χ3v) is 10.1. The number of imidazole rings is 1. The van der Waals surface area contributed by atoms with Crippen LogP contribution in [0.2, 0.25) is 0 Å². The molecule has 1 saturated heterocycles. The number of aromatic nitrogens is 3. The quantitative estimate of drug-likeness (QED) is 0.322. The van der Waals surface area contributed by atoms with Crippen molar-refractivity contribution in [3.8, 4) is 0 Å². The summed E-state index contributed by atoms with van der Waals surface area (Å²) < 4.78 is 2.20. The lowest BCUT2D eigenvalue weighted by Crippen LogP contribution is -2.42. The van der Waals surface area contributed by atoms with Gasteiger partial charge in [0, 0.05) is 37.6 Å². The molecule has 1 atom stereocenters. The lowest BCUT2D eigenvalue weighted by atomic mass is 9.64. The first-order valence-electron chi connectivity index (χ1n) is 14.3. The number of anilines is 1. The molecule has 2 aliphatic rings. The molecule has 5 rings (SSSR count). The van der Waals surface area contributed by atoms with E-state index in [0.29, 0.717) is 16.9 Å². The topological polar surface area (TPSA) is 92.2 Å². The molecule has 0 bridgehead atoms. The Morgan fingerprint density at radius 2 is 2.00 bits per heavy atom. The summed E-state index contributed by atoms with van der Waals surface area (Å²) >= 11 is 1.43. The van der Waals surface area contributed by atoms with Gasteiger partial charge in [0.1, 0.15) is 4.88 Å². The van der Waals surface area contributed by atoms with Crippen LogP contribution in [0.25, 0.3) is 11.0 Å². The van der Waals surface area contributed by atoms with E-state index in [-0.39, 0.29) is 34.6 Å². The van der Waals surface area contributed by atoms with Crippen LogP contribution >= 0.6 is 11.3 Å². The summed E-state index contributed by atoms with van der Waals surface area (Å²) in [6.45, 7) is 19.0. The predicted molar refractivity (Wildman–Crippen MR) is 162 cm³/mol. The summed E-state index contributed by atoms with van der Waals surface area (Å²) in [5.41, 5.74) is 3.35. The van der Waals surface area contributed by atoms with Crippen LogP contribution < -0.4 is 10.6 Å². The fraction of sp³-hybridized carbons (Fsp3) is 0.548. The van der Waals surface area contributed by atoms with Gasteiger partial charge < -0.3 is 14.8 Å². The zero-order chi connectivity index (χ0) is 28.8. The summed E-state index contributed by atoms with van der Waals surface area (Å²) in [4.78, 5) is 37.4. The highest BCUT2D eigenvalue weighted by Crippen LogP contribution is 2.55. The Hall–Kier alpha value is -3.04. The van der Waals surface area contributed by atoms with Gasteiger partial charge in [-0.15, -0.1) is 11.3 Å². The van der Waals surface area contributed by atoms with E-state index in [4.69, 9.17) is 4.98 Å². The number of benzene rings is 1. The highest BCUT2D eigenvalue weighted by molar-refractivity contribution is 7.13. The van der Waals surface area contributed by atoms with E-state index in [2.05, 4.69) is 86.5 Å². The summed E-state index contributed by atoms with van der Waals surface area (Å²) in [6.07, 6.45) is 5.97. The number of hydrogen-bond donors (Lipinski definition) is 2. The zero-order valence-corrected chi connectivity index (χ0v) is 25.4. The highest BCUT2D eigenvalue weighted by atomic mass is 32.1. The molecule has 1 aliphatic carbocycles. The largest absolute Gasteiger partial charge is 0.339 e. The Morgan fingerprint density at radius 1 is 1.25 bits per heavy atom. The lowest BCUT2D eigenvalue weighted by Gasteiger charge is -2.46. The van der Waals surface area contributed by atoms with Crippen LogP contribution in [-0.4, -0.2) is 50.4 Å². The summed E-state index contributed by atoms with van der Waals surface area (Å²) in [6, 6.07) is 6.98. The van der Waals surface area contributed by atoms with Crippen LogP contribution in [0.15, 0.2) is 37.1 Å². The molecule has 2 N–H and O–H groups in total. The minimum absolute atomic E-state index is 0.00796. The number of hydrogen-bond acceptors (Lipinski definition) is 6. The molecule has 40 heavy (non-hydrogen) atoms. The third kappa shape index (κ3) is 5.59. The van der Waals surface area contributed by atoms with E-state index in [0.717, 1.165) is 60.5 Å². The maximum Gasteiger partial charge on any atom is 0.269 e. The molecule has 1 aliphatic heterocycles. The number of fused-ring (bicyclic) bond motifs is 1. The number of nitrogens with zero attached hydrogens (tertiary/aromatic N) is 4. The standard InChI is InChI=1S/C31H42N6O2S/c1-8-26(38)36-12-11-31(18-36)14-22(15-31)37-24-10-9-21(16-32-20(4)30(5,6)7)13-23(24)34-29(37)35-27(39)25-17-33-28(40-25)19(2)3/h8-10,13,17,19-20,22,32H,1,11-12,14-16,18H2,2-7H3,(H,34,35,39)/t20-,22?,31?/m0/s1. The van der Waals surface area contributed by atoms with Crippen molar-refractivity contribution in [3.63, 3.8) is 0 Å². The molecule has 1 saturated carbocycles. The number of rotatable bonds is 8. The molecule has 2 aromatic heterocycles. The number of nitrogens with one attached hydrogen (secondary N) is 2. The van der Waals surface area contributed by atoms with E-state index in [1.807, 2.05) is 4.90 Å². The molecule has 9 heteroatoms. The van der Waals surface area contributed by atoms with E-state index < -0.39 is 0 Å². The molecule has 8 nitrogen and oxygen atoms in total. The summed E-state index contributed by atoms with van der Waals surface area (Å²) in [7, 11) is 0. The molecule has 214 valence electrons. The average Bonchev–Trinajstić information content (AvgIpc) is 3.62. The second-order valence-electron chi connectivity index (χ2n) is 13.0. The maximum atomic E-state index is 13.3. The SMILES string of the molecule is C=CC(=O)N1CCC2(CC(n3c(NC(=O)c4cnc(C(C)C)s4)nc4cc(CN[C@@H](C)C(C)(C)C)ccc43)C2)C1. The Balaban J connectivity index is 1.41. The van der Waals surface area contributed by atoms with Gasteiger partial charge in [-0.2, -0.15) is 0 Å². The molecule has 0 radical (unpaired) electrons. The number of likely N-dealkylation sites (tertiary alicyclic amines) is 1. The fourth-order valence-corrected chi connectivity index (χ4v) is 6.64. The molecular formula is C31H42N6O2S. The monoisotopic (exact) mass is 562 g/mol. The van der Waals surface area contributed by atoms with Crippen molar-refractivity contribution in [2.75, 3.05) is 18.4 Å². The van der Waals surface area contributed by atoms with Crippen molar-refractivity contribution in [2.24, 2.45) is 10.8 Å². The molecule has 1 aromatic carbocycles. The number of amides is 2. The van der Waals surface area contributed by atoms with E-state index in [1.54, 1.807) is 6.20 Å². The third-order valence-electron chi connectivity index (χ3n) is 8.76. The number of carbonyl (C=O) groups excluding carboxylic acids is 2. The van der Waals surface area contributed by atoms with E-state index >= 15 is 0 Å². The van der Waals surface area contributed by atoms with Crippen molar-refractivity contribution in [1.82, 2.24) is 24.8 Å². The minimum Gasteiger partial charge on any atom is -0.339 e. The van der Waals surface area contributed by atoms with Gasteiger partial charge in [0.15, 0.2) is 0 Å². The van der Waals surface area contributed by atoms with E-state index in [1.165, 1.54) is 17.4 Å². The number of carbonyl (C=O) groups is 2. The Labute approximate surface area is 241 Å². The van der Waals surface area contributed by atoms with Gasteiger partial charge in [-0.05, 0) is 60.8 Å². The normalized spacial score (nSPS) is 21.7. The molecule has 2 amide bonds. The Bertz CT molecular complexity index is 1430. The first kappa shape index (κ1) is 28.5. The average molecular weight is 563 g/mol. The van der Waals surface area contributed by atoms with Crippen molar-refractivity contribution in [2.45, 2.75) is 85.4 Å². The van der Waals surface area contributed by atoms with Gasteiger partial charge in [0.25, 0.3) is 5.91 Å². The van der Waals surface area contributed by atoms with Crippen molar-refractivity contribution in [3.05, 3.63) is 52.5 Å². The number of thiazole rings is 1. The highest BCUT2D eigenvalue weighted by Gasteiger charge is 2.50. The van der Waals surface area contributed by atoms with Gasteiger partial charge in [-0.25, -0.2) is 9.97 Å². The van der Waals surface area contributed by atoms with Crippen LogP contribution in [0, 0.1) is 10.8 Å². The summed E-state index contributed by atoms with van der Waals surface area (Å²) in [5, 5.41) is 7.69. The van der Waals surface area contributed by atoms with Gasteiger partial charge >= 0.3 is 0 Å². The lowest BCUT2D eigenvalue weighted by molar-refractivity contribution is -0.125. The Morgan fingerprint density at radius 3 is 2.65 bits per heavy atom. The first-order valence-corrected chi connectivity index (χ1v) is 15.1. The minimum atomic E-state index is -0.181.